The average Bonchev–Trinajstić information content (AvgIpc) is 3.03. The molecule has 3 saturated heterocycles. The third-order valence-corrected chi connectivity index (χ3v) is 6.77. The Hall–Kier alpha value is -1.92. The van der Waals surface area contributed by atoms with Gasteiger partial charge in [0.25, 0.3) is 0 Å². The number of fused-ring (bicyclic) bond motifs is 1. The lowest BCUT2D eigenvalue weighted by Gasteiger charge is -2.48. The highest BCUT2D eigenvalue weighted by atomic mass is 16.5. The smallest absolute Gasteiger partial charge is 0.220 e. The van der Waals surface area contributed by atoms with Crippen LogP contribution in [0, 0.1) is 5.92 Å². The van der Waals surface area contributed by atoms with Crippen molar-refractivity contribution in [3.05, 3.63) is 35.9 Å². The van der Waals surface area contributed by atoms with Crippen LogP contribution < -0.4 is 5.32 Å². The Morgan fingerprint density at radius 2 is 1.79 bits per heavy atom. The molecule has 3 aliphatic rings. The lowest BCUT2D eigenvalue weighted by atomic mass is 9.75. The highest BCUT2D eigenvalue weighted by Crippen LogP contribution is 2.48. The number of piperidine rings is 1. The molecular weight excluding hydrogens is 354 g/mol. The maximum Gasteiger partial charge on any atom is 0.220 e. The Labute approximate surface area is 167 Å². The summed E-state index contributed by atoms with van der Waals surface area (Å²) in [7, 11) is 0. The number of hydrogen-bond donors (Lipinski definition) is 1. The standard InChI is InChI=1S/C22H31N3O3/c1-16(26)23-22-14-24(19-9-12-28-13-10-19)11-8-20(22)21(25(15-22)17(2)27)18-6-4-3-5-7-18/h3-7,19-21H,8-15H2,1-2H3,(H,23,26)/t20-,21-,22-/m1/s1. The monoisotopic (exact) mass is 385 g/mol. The highest BCUT2D eigenvalue weighted by molar-refractivity contribution is 5.77. The Morgan fingerprint density at radius 3 is 2.43 bits per heavy atom. The summed E-state index contributed by atoms with van der Waals surface area (Å²) in [5.41, 5.74) is 0.767. The van der Waals surface area contributed by atoms with E-state index >= 15 is 0 Å². The van der Waals surface area contributed by atoms with Crippen LogP contribution in [0.2, 0.25) is 0 Å². The average molecular weight is 386 g/mol. The van der Waals surface area contributed by atoms with Crippen LogP contribution in [0.15, 0.2) is 30.3 Å². The molecule has 0 unspecified atom stereocenters. The molecular formula is C22H31N3O3. The molecule has 152 valence electrons. The van der Waals surface area contributed by atoms with Crippen molar-refractivity contribution < 1.29 is 14.3 Å². The van der Waals surface area contributed by atoms with E-state index in [1.165, 1.54) is 0 Å². The molecule has 2 amide bonds. The number of likely N-dealkylation sites (tertiary alicyclic amines) is 2. The minimum absolute atomic E-state index is 0.0161. The fourth-order valence-electron chi connectivity index (χ4n) is 5.64. The Balaban J connectivity index is 1.67. The van der Waals surface area contributed by atoms with Crippen molar-refractivity contribution in [1.29, 1.82) is 0 Å². The number of nitrogens with zero attached hydrogens (tertiary/aromatic N) is 2. The van der Waals surface area contributed by atoms with Crippen LogP contribution in [0.25, 0.3) is 0 Å². The number of rotatable bonds is 3. The number of ether oxygens (including phenoxy) is 1. The topological polar surface area (TPSA) is 61.9 Å². The molecule has 3 heterocycles. The second kappa shape index (κ2) is 7.84. The molecule has 1 N–H and O–H groups in total. The van der Waals surface area contributed by atoms with Gasteiger partial charge in [0.05, 0.1) is 11.6 Å². The third kappa shape index (κ3) is 3.55. The minimum atomic E-state index is -0.394. The molecule has 0 bridgehead atoms. The molecule has 0 spiro atoms. The molecule has 0 aromatic heterocycles. The number of carbonyl (C=O) groups is 2. The van der Waals surface area contributed by atoms with E-state index in [1.54, 1.807) is 13.8 Å². The molecule has 6 nitrogen and oxygen atoms in total. The summed E-state index contributed by atoms with van der Waals surface area (Å²) in [5, 5.41) is 3.31. The van der Waals surface area contributed by atoms with Crippen molar-refractivity contribution >= 4 is 11.8 Å². The first kappa shape index (κ1) is 19.4. The second-order valence-corrected chi connectivity index (χ2v) is 8.55. The fraction of sp³-hybridized carbons (Fsp3) is 0.636. The van der Waals surface area contributed by atoms with E-state index < -0.39 is 5.54 Å². The van der Waals surface area contributed by atoms with E-state index in [9.17, 15) is 9.59 Å². The first-order valence-corrected chi connectivity index (χ1v) is 10.4. The maximum atomic E-state index is 12.6. The first-order valence-electron chi connectivity index (χ1n) is 10.4. The molecule has 6 heteroatoms. The van der Waals surface area contributed by atoms with Crippen LogP contribution in [-0.4, -0.2) is 66.0 Å². The van der Waals surface area contributed by atoms with Crippen LogP contribution in [0.3, 0.4) is 0 Å². The molecule has 3 aliphatic heterocycles. The summed E-state index contributed by atoms with van der Waals surface area (Å²) in [5.74, 6) is 0.278. The summed E-state index contributed by atoms with van der Waals surface area (Å²) in [6.45, 7) is 7.23. The van der Waals surface area contributed by atoms with E-state index in [2.05, 4.69) is 22.3 Å². The summed E-state index contributed by atoms with van der Waals surface area (Å²) in [6, 6.07) is 10.8. The van der Waals surface area contributed by atoms with Gasteiger partial charge in [-0.1, -0.05) is 30.3 Å². The molecule has 0 saturated carbocycles. The van der Waals surface area contributed by atoms with Crippen LogP contribution >= 0.6 is 0 Å². The van der Waals surface area contributed by atoms with Gasteiger partial charge in [-0.2, -0.15) is 0 Å². The molecule has 1 aromatic carbocycles. The summed E-state index contributed by atoms with van der Waals surface area (Å²) in [6.07, 6.45) is 3.06. The van der Waals surface area contributed by atoms with Gasteiger partial charge in [-0.3, -0.25) is 14.5 Å². The molecule has 28 heavy (non-hydrogen) atoms. The van der Waals surface area contributed by atoms with Crippen molar-refractivity contribution in [1.82, 2.24) is 15.1 Å². The lowest BCUT2D eigenvalue weighted by Crippen LogP contribution is -2.65. The summed E-state index contributed by atoms with van der Waals surface area (Å²) >= 11 is 0. The number of nitrogens with one attached hydrogen (secondary N) is 1. The quantitative estimate of drug-likeness (QED) is 0.864. The van der Waals surface area contributed by atoms with Crippen LogP contribution in [0.5, 0.6) is 0 Å². The van der Waals surface area contributed by atoms with Crippen molar-refractivity contribution in [3.8, 4) is 0 Å². The van der Waals surface area contributed by atoms with Gasteiger partial charge < -0.3 is 15.0 Å². The van der Waals surface area contributed by atoms with E-state index in [0.29, 0.717) is 12.6 Å². The minimum Gasteiger partial charge on any atom is -0.381 e. The van der Waals surface area contributed by atoms with E-state index in [0.717, 1.165) is 51.1 Å². The zero-order chi connectivity index (χ0) is 19.7. The molecule has 0 radical (unpaired) electrons. The van der Waals surface area contributed by atoms with E-state index in [-0.39, 0.29) is 23.8 Å². The molecule has 0 aliphatic carbocycles. The van der Waals surface area contributed by atoms with Crippen molar-refractivity contribution in [2.75, 3.05) is 32.8 Å². The van der Waals surface area contributed by atoms with Gasteiger partial charge in [-0.25, -0.2) is 0 Å². The Kier molecular flexibility index (Phi) is 5.43. The van der Waals surface area contributed by atoms with Gasteiger partial charge in [-0.05, 0) is 31.4 Å². The second-order valence-electron chi connectivity index (χ2n) is 8.55. The molecule has 3 fully saturated rings. The number of benzene rings is 1. The number of hydrogen-bond acceptors (Lipinski definition) is 4. The van der Waals surface area contributed by atoms with Crippen LogP contribution in [-0.2, 0) is 14.3 Å². The molecule has 4 rings (SSSR count). The maximum absolute atomic E-state index is 12.6. The van der Waals surface area contributed by atoms with Crippen molar-refractivity contribution in [2.45, 2.75) is 50.7 Å². The van der Waals surface area contributed by atoms with Crippen molar-refractivity contribution in [2.24, 2.45) is 5.92 Å². The van der Waals surface area contributed by atoms with Gasteiger partial charge in [-0.15, -0.1) is 0 Å². The van der Waals surface area contributed by atoms with Crippen molar-refractivity contribution in [3.63, 3.8) is 0 Å². The highest BCUT2D eigenvalue weighted by Gasteiger charge is 2.57. The van der Waals surface area contributed by atoms with Crippen LogP contribution in [0.1, 0.15) is 44.7 Å². The number of amides is 2. The Morgan fingerprint density at radius 1 is 1.07 bits per heavy atom. The third-order valence-electron chi connectivity index (χ3n) is 6.77. The normalized spacial score (nSPS) is 31.4. The predicted molar refractivity (Wildman–Crippen MR) is 107 cm³/mol. The summed E-state index contributed by atoms with van der Waals surface area (Å²) in [4.78, 5) is 29.3. The van der Waals surface area contributed by atoms with Gasteiger partial charge in [0.1, 0.15) is 0 Å². The summed E-state index contributed by atoms with van der Waals surface area (Å²) < 4.78 is 5.54. The fourth-order valence-corrected chi connectivity index (χ4v) is 5.64. The van der Waals surface area contributed by atoms with Gasteiger partial charge in [0, 0.05) is 52.1 Å². The van der Waals surface area contributed by atoms with Gasteiger partial charge >= 0.3 is 0 Å². The van der Waals surface area contributed by atoms with E-state index in [1.807, 2.05) is 23.1 Å². The zero-order valence-electron chi connectivity index (χ0n) is 16.9. The van der Waals surface area contributed by atoms with E-state index in [4.69, 9.17) is 4.74 Å². The SMILES string of the molecule is CC(=O)N[C@@]12CN(C3CCOCC3)CC[C@@H]1[C@@H](c1ccccc1)N(C(C)=O)C2. The van der Waals surface area contributed by atoms with Crippen LogP contribution in [0.4, 0.5) is 0 Å². The van der Waals surface area contributed by atoms with Gasteiger partial charge in [0.2, 0.25) is 11.8 Å². The number of carbonyl (C=O) groups excluding carboxylic acids is 2. The lowest BCUT2D eigenvalue weighted by molar-refractivity contribution is -0.130. The zero-order valence-corrected chi connectivity index (χ0v) is 16.9. The Bertz CT molecular complexity index is 719. The van der Waals surface area contributed by atoms with Gasteiger partial charge in [0.15, 0.2) is 0 Å². The largest absolute Gasteiger partial charge is 0.381 e. The first-order chi connectivity index (χ1) is 13.5. The molecule has 1 aromatic rings. The predicted octanol–water partition coefficient (Wildman–Crippen LogP) is 1.97. The molecule has 3 atom stereocenters.